The van der Waals surface area contributed by atoms with Gasteiger partial charge < -0.3 is 14.8 Å². The zero-order valence-electron chi connectivity index (χ0n) is 12.9. The summed E-state index contributed by atoms with van der Waals surface area (Å²) in [6.07, 6.45) is 2.53. The molecule has 3 heteroatoms. The predicted molar refractivity (Wildman–Crippen MR) is 83.0 cm³/mol. The second-order valence-corrected chi connectivity index (χ2v) is 5.81. The fourth-order valence-corrected chi connectivity index (χ4v) is 2.64. The molecule has 2 rings (SSSR count). The number of hydrogen-bond donors (Lipinski definition) is 1. The highest BCUT2D eigenvalue weighted by Gasteiger charge is 2.25. The van der Waals surface area contributed by atoms with Gasteiger partial charge in [-0.2, -0.15) is 0 Å². The van der Waals surface area contributed by atoms with Crippen LogP contribution in [0.2, 0.25) is 0 Å². The number of anilines is 1. The highest BCUT2D eigenvalue weighted by atomic mass is 16.5. The van der Waals surface area contributed by atoms with Crippen LogP contribution in [0.25, 0.3) is 0 Å². The average molecular weight is 277 g/mol. The summed E-state index contributed by atoms with van der Waals surface area (Å²) in [5.41, 5.74) is 2.44. The van der Waals surface area contributed by atoms with Gasteiger partial charge in [-0.05, 0) is 31.7 Å². The molecule has 2 atom stereocenters. The Bertz CT molecular complexity index is 406. The van der Waals surface area contributed by atoms with E-state index in [1.165, 1.54) is 11.3 Å². The van der Waals surface area contributed by atoms with Gasteiger partial charge in [-0.15, -0.1) is 0 Å². The minimum Gasteiger partial charge on any atom is -0.382 e. The minimum atomic E-state index is 0.375. The number of ether oxygens (including phenoxy) is 2. The van der Waals surface area contributed by atoms with E-state index in [1.54, 1.807) is 0 Å². The van der Waals surface area contributed by atoms with Gasteiger partial charge in [0.2, 0.25) is 0 Å². The third-order valence-corrected chi connectivity index (χ3v) is 3.90. The molecule has 0 amide bonds. The van der Waals surface area contributed by atoms with E-state index in [9.17, 15) is 0 Å². The van der Waals surface area contributed by atoms with Crippen LogP contribution in [0.15, 0.2) is 24.3 Å². The van der Waals surface area contributed by atoms with Crippen molar-refractivity contribution < 1.29 is 9.47 Å². The van der Waals surface area contributed by atoms with E-state index in [1.807, 2.05) is 6.92 Å². The molecule has 1 fully saturated rings. The number of nitrogens with one attached hydrogen (secondary N) is 1. The van der Waals surface area contributed by atoms with E-state index in [4.69, 9.17) is 9.47 Å². The van der Waals surface area contributed by atoms with Gasteiger partial charge in [0.1, 0.15) is 0 Å². The molecule has 0 radical (unpaired) electrons. The number of rotatable bonds is 6. The fourth-order valence-electron chi connectivity index (χ4n) is 2.64. The maximum absolute atomic E-state index is 5.84. The first-order valence-corrected chi connectivity index (χ1v) is 7.74. The lowest BCUT2D eigenvalue weighted by atomic mass is 9.95. The van der Waals surface area contributed by atoms with Gasteiger partial charge in [-0.25, -0.2) is 0 Å². The lowest BCUT2D eigenvalue weighted by Gasteiger charge is -2.33. The van der Waals surface area contributed by atoms with Crippen LogP contribution in [0.4, 0.5) is 5.69 Å². The van der Waals surface area contributed by atoms with Crippen LogP contribution >= 0.6 is 0 Å². The lowest BCUT2D eigenvalue weighted by Crippen LogP contribution is -2.36. The Morgan fingerprint density at radius 1 is 1.35 bits per heavy atom. The van der Waals surface area contributed by atoms with E-state index in [-0.39, 0.29) is 0 Å². The molecule has 20 heavy (non-hydrogen) atoms. The van der Waals surface area contributed by atoms with Gasteiger partial charge in [-0.1, -0.05) is 32.0 Å². The first-order chi connectivity index (χ1) is 9.70. The Hall–Kier alpha value is -1.06. The van der Waals surface area contributed by atoms with E-state index in [0.717, 1.165) is 26.1 Å². The van der Waals surface area contributed by atoms with Crippen LogP contribution in [0, 0.1) is 5.92 Å². The second kappa shape index (κ2) is 7.65. The first kappa shape index (κ1) is 15.3. The molecule has 0 aliphatic carbocycles. The molecule has 1 aromatic carbocycles. The van der Waals surface area contributed by atoms with Crippen LogP contribution in [-0.4, -0.2) is 25.4 Å². The maximum Gasteiger partial charge on any atom is 0.0736 e. The summed E-state index contributed by atoms with van der Waals surface area (Å²) in [6, 6.07) is 8.93. The molecule has 1 heterocycles. The number of benzene rings is 1. The van der Waals surface area contributed by atoms with Crippen molar-refractivity contribution in [2.75, 3.05) is 18.5 Å². The highest BCUT2D eigenvalue weighted by molar-refractivity contribution is 5.51. The third-order valence-electron chi connectivity index (χ3n) is 3.90. The molecule has 1 aromatic rings. The van der Waals surface area contributed by atoms with Crippen LogP contribution in [0.3, 0.4) is 0 Å². The normalized spacial score (nSPS) is 23.0. The quantitative estimate of drug-likeness (QED) is 0.857. The summed E-state index contributed by atoms with van der Waals surface area (Å²) in [5, 5.41) is 3.68. The number of para-hydroxylation sites is 1. The molecule has 0 saturated carbocycles. The summed E-state index contributed by atoms with van der Waals surface area (Å²) < 4.78 is 11.4. The Morgan fingerprint density at radius 2 is 2.15 bits per heavy atom. The van der Waals surface area contributed by atoms with E-state index in [0.29, 0.717) is 24.7 Å². The Labute approximate surface area is 122 Å². The molecule has 0 spiro atoms. The van der Waals surface area contributed by atoms with Crippen molar-refractivity contribution in [2.24, 2.45) is 5.92 Å². The molecule has 112 valence electrons. The monoisotopic (exact) mass is 277 g/mol. The third kappa shape index (κ3) is 4.22. The standard InChI is InChI=1S/C17H27NO2/c1-4-19-12-14-7-5-6-8-16(14)18-15-9-10-20-17(11-15)13(2)3/h5-8,13,15,17-18H,4,9-12H2,1-3H3. The number of hydrogen-bond acceptors (Lipinski definition) is 3. The molecular formula is C17H27NO2. The van der Waals surface area contributed by atoms with Gasteiger partial charge in [0.25, 0.3) is 0 Å². The molecule has 2 unspecified atom stereocenters. The van der Waals surface area contributed by atoms with Gasteiger partial charge in [0, 0.05) is 30.5 Å². The van der Waals surface area contributed by atoms with E-state index >= 15 is 0 Å². The molecular weight excluding hydrogens is 250 g/mol. The summed E-state index contributed by atoms with van der Waals surface area (Å²) >= 11 is 0. The molecule has 1 aliphatic rings. The Kier molecular flexibility index (Phi) is 5.86. The Balaban J connectivity index is 1.98. The van der Waals surface area contributed by atoms with Crippen LogP contribution in [0.5, 0.6) is 0 Å². The van der Waals surface area contributed by atoms with Crippen LogP contribution in [0.1, 0.15) is 39.2 Å². The second-order valence-electron chi connectivity index (χ2n) is 5.81. The fraction of sp³-hybridized carbons (Fsp3) is 0.647. The molecule has 1 aliphatic heterocycles. The lowest BCUT2D eigenvalue weighted by molar-refractivity contribution is -0.0161. The smallest absolute Gasteiger partial charge is 0.0736 e. The van der Waals surface area contributed by atoms with Gasteiger partial charge >= 0.3 is 0 Å². The molecule has 1 saturated heterocycles. The topological polar surface area (TPSA) is 30.5 Å². The van der Waals surface area contributed by atoms with Gasteiger partial charge in [0.15, 0.2) is 0 Å². The zero-order valence-corrected chi connectivity index (χ0v) is 12.9. The predicted octanol–water partition coefficient (Wildman–Crippen LogP) is 3.84. The SMILES string of the molecule is CCOCc1ccccc1NC1CCOC(C(C)C)C1. The van der Waals surface area contributed by atoms with Crippen molar-refractivity contribution >= 4 is 5.69 Å². The summed E-state index contributed by atoms with van der Waals surface area (Å²) in [4.78, 5) is 0. The molecule has 0 aromatic heterocycles. The minimum absolute atomic E-state index is 0.375. The molecule has 0 bridgehead atoms. The largest absolute Gasteiger partial charge is 0.382 e. The maximum atomic E-state index is 5.84. The summed E-state index contributed by atoms with van der Waals surface area (Å²) in [5.74, 6) is 0.582. The van der Waals surface area contributed by atoms with Crippen molar-refractivity contribution in [3.63, 3.8) is 0 Å². The average Bonchev–Trinajstić information content (AvgIpc) is 2.46. The van der Waals surface area contributed by atoms with Crippen molar-refractivity contribution in [3.8, 4) is 0 Å². The van der Waals surface area contributed by atoms with Crippen molar-refractivity contribution in [2.45, 2.75) is 52.4 Å². The zero-order chi connectivity index (χ0) is 14.4. The van der Waals surface area contributed by atoms with E-state index < -0.39 is 0 Å². The Morgan fingerprint density at radius 3 is 2.90 bits per heavy atom. The van der Waals surface area contributed by atoms with E-state index in [2.05, 4.69) is 43.4 Å². The van der Waals surface area contributed by atoms with Crippen LogP contribution in [-0.2, 0) is 16.1 Å². The van der Waals surface area contributed by atoms with Crippen molar-refractivity contribution in [1.29, 1.82) is 0 Å². The highest BCUT2D eigenvalue weighted by Crippen LogP contribution is 2.25. The van der Waals surface area contributed by atoms with Crippen molar-refractivity contribution in [1.82, 2.24) is 0 Å². The summed E-state index contributed by atoms with van der Waals surface area (Å²) in [6.45, 7) is 8.78. The molecule has 3 nitrogen and oxygen atoms in total. The first-order valence-electron chi connectivity index (χ1n) is 7.74. The van der Waals surface area contributed by atoms with Gasteiger partial charge in [0.05, 0.1) is 12.7 Å². The summed E-state index contributed by atoms with van der Waals surface area (Å²) in [7, 11) is 0. The van der Waals surface area contributed by atoms with Crippen LogP contribution < -0.4 is 5.32 Å². The van der Waals surface area contributed by atoms with Gasteiger partial charge in [-0.3, -0.25) is 0 Å². The molecule has 1 N–H and O–H groups in total. The van der Waals surface area contributed by atoms with Crippen molar-refractivity contribution in [3.05, 3.63) is 29.8 Å².